The standard InChI is InChI=1S/C20H16F6N4O4S/c1-10(20(24,25)26)29-35(32,33)11-2-3-15(28-9-11)18-13(8-27)12-6-14(21)17(34-19(22)23)7-16(12)30(18)4-5-31/h2-3,6-7,9-10,19,29,31H,4-5H2,1H3. The van der Waals surface area contributed by atoms with E-state index < -0.39 is 51.9 Å². The van der Waals surface area contributed by atoms with E-state index >= 15 is 0 Å². The molecule has 0 aliphatic heterocycles. The third-order valence-corrected chi connectivity index (χ3v) is 6.41. The van der Waals surface area contributed by atoms with Gasteiger partial charge >= 0.3 is 12.8 Å². The lowest BCUT2D eigenvalue weighted by Gasteiger charge is -2.17. The molecule has 0 amide bonds. The molecule has 0 bridgehead atoms. The first-order valence-electron chi connectivity index (χ1n) is 9.67. The van der Waals surface area contributed by atoms with Crippen molar-refractivity contribution in [2.45, 2.75) is 37.2 Å². The first kappa shape index (κ1) is 26.3. The molecule has 3 rings (SSSR count). The number of nitrogens with one attached hydrogen (secondary N) is 1. The number of hydrogen-bond donors (Lipinski definition) is 2. The van der Waals surface area contributed by atoms with E-state index in [1.54, 1.807) is 0 Å². The van der Waals surface area contributed by atoms with Crippen LogP contribution in [0, 0.1) is 17.1 Å². The van der Waals surface area contributed by atoms with Gasteiger partial charge in [-0.05, 0) is 25.1 Å². The Morgan fingerprint density at radius 2 is 1.97 bits per heavy atom. The summed E-state index contributed by atoms with van der Waals surface area (Å²) in [5.74, 6) is -1.99. The zero-order valence-electron chi connectivity index (χ0n) is 17.6. The quantitative estimate of drug-likeness (QED) is 0.437. The Bertz CT molecular complexity index is 1380. The summed E-state index contributed by atoms with van der Waals surface area (Å²) in [6.07, 6.45) is -4.07. The number of hydrogen-bond acceptors (Lipinski definition) is 6. The van der Waals surface area contributed by atoms with Crippen molar-refractivity contribution in [3.63, 3.8) is 0 Å². The van der Waals surface area contributed by atoms with Crippen LogP contribution in [0.15, 0.2) is 35.4 Å². The molecule has 2 heterocycles. The molecule has 2 N–H and O–H groups in total. The van der Waals surface area contributed by atoms with Gasteiger partial charge in [-0.3, -0.25) is 4.98 Å². The van der Waals surface area contributed by atoms with E-state index in [9.17, 15) is 45.1 Å². The smallest absolute Gasteiger partial charge is 0.404 e. The number of alkyl halides is 5. The van der Waals surface area contributed by atoms with Crippen LogP contribution < -0.4 is 9.46 Å². The van der Waals surface area contributed by atoms with Crippen molar-refractivity contribution in [3.05, 3.63) is 41.8 Å². The van der Waals surface area contributed by atoms with E-state index in [0.29, 0.717) is 6.92 Å². The highest BCUT2D eigenvalue weighted by Gasteiger charge is 2.39. The zero-order valence-corrected chi connectivity index (χ0v) is 18.5. The molecule has 35 heavy (non-hydrogen) atoms. The van der Waals surface area contributed by atoms with Crippen molar-refractivity contribution in [1.29, 1.82) is 5.26 Å². The van der Waals surface area contributed by atoms with E-state index in [-0.39, 0.29) is 34.4 Å². The second-order valence-corrected chi connectivity index (χ2v) is 8.87. The predicted molar refractivity (Wildman–Crippen MR) is 109 cm³/mol. The summed E-state index contributed by atoms with van der Waals surface area (Å²) in [5.41, 5.74) is -0.179. The SMILES string of the molecule is CC(NS(=O)(=O)c1ccc(-c2c(C#N)c3cc(F)c(OC(F)F)cc3n2CCO)nc1)C(F)(F)F. The number of benzene rings is 1. The average Bonchev–Trinajstić information content (AvgIpc) is 3.05. The van der Waals surface area contributed by atoms with E-state index in [0.717, 1.165) is 30.5 Å². The lowest BCUT2D eigenvalue weighted by Crippen LogP contribution is -2.42. The Balaban J connectivity index is 2.14. The van der Waals surface area contributed by atoms with Crippen molar-refractivity contribution >= 4 is 20.9 Å². The lowest BCUT2D eigenvalue weighted by molar-refractivity contribution is -0.147. The molecule has 1 aromatic carbocycles. The van der Waals surface area contributed by atoms with Gasteiger partial charge in [0.25, 0.3) is 0 Å². The molecule has 3 aromatic rings. The van der Waals surface area contributed by atoms with Crippen LogP contribution in [0.2, 0.25) is 0 Å². The average molecular weight is 522 g/mol. The summed E-state index contributed by atoms with van der Waals surface area (Å²) < 4.78 is 109. The second kappa shape index (κ2) is 9.72. The van der Waals surface area contributed by atoms with Gasteiger partial charge < -0.3 is 14.4 Å². The summed E-state index contributed by atoms with van der Waals surface area (Å²) in [6.45, 7) is -3.39. The summed E-state index contributed by atoms with van der Waals surface area (Å²) in [5, 5.41) is 19.1. The Kier molecular flexibility index (Phi) is 7.29. The number of halogens is 6. The maximum Gasteiger partial charge on any atom is 0.404 e. The summed E-state index contributed by atoms with van der Waals surface area (Å²) >= 11 is 0. The van der Waals surface area contributed by atoms with Gasteiger partial charge in [-0.2, -0.15) is 31.9 Å². The van der Waals surface area contributed by atoms with Crippen LogP contribution in [0.4, 0.5) is 26.3 Å². The van der Waals surface area contributed by atoms with Gasteiger partial charge in [-0.15, -0.1) is 0 Å². The molecule has 0 fully saturated rings. The van der Waals surface area contributed by atoms with Crippen LogP contribution in [0.25, 0.3) is 22.3 Å². The molecule has 0 aliphatic carbocycles. The fourth-order valence-corrected chi connectivity index (χ4v) is 4.47. The van der Waals surface area contributed by atoms with E-state index in [2.05, 4.69) is 9.72 Å². The van der Waals surface area contributed by atoms with E-state index in [4.69, 9.17) is 0 Å². The van der Waals surface area contributed by atoms with Gasteiger partial charge in [-0.1, -0.05) is 0 Å². The van der Waals surface area contributed by atoms with Gasteiger partial charge in [0.2, 0.25) is 10.0 Å². The van der Waals surface area contributed by atoms with Gasteiger partial charge in [0.05, 0.1) is 29.1 Å². The number of nitrogens with zero attached hydrogens (tertiary/aromatic N) is 3. The largest absolute Gasteiger partial charge is 0.432 e. The maximum atomic E-state index is 14.3. The highest BCUT2D eigenvalue weighted by Crippen LogP contribution is 2.36. The van der Waals surface area contributed by atoms with Gasteiger partial charge in [0, 0.05) is 24.2 Å². The molecule has 8 nitrogen and oxygen atoms in total. The minimum atomic E-state index is -4.82. The van der Waals surface area contributed by atoms with Crippen molar-refractivity contribution in [1.82, 2.24) is 14.3 Å². The number of sulfonamides is 1. The van der Waals surface area contributed by atoms with Gasteiger partial charge in [-0.25, -0.2) is 12.8 Å². The molecule has 1 atom stereocenters. The minimum Gasteiger partial charge on any atom is -0.432 e. The van der Waals surface area contributed by atoms with Crippen LogP contribution in [0.3, 0.4) is 0 Å². The molecule has 0 radical (unpaired) electrons. The molecule has 0 aliphatic rings. The second-order valence-electron chi connectivity index (χ2n) is 7.15. The number of rotatable bonds is 8. The number of nitriles is 1. The Labute approximate surface area is 194 Å². The normalized spacial score (nSPS) is 13.3. The third-order valence-electron chi connectivity index (χ3n) is 4.88. The number of ether oxygens (including phenoxy) is 1. The van der Waals surface area contributed by atoms with E-state index in [1.807, 2.05) is 6.07 Å². The number of aliphatic hydroxyl groups excluding tert-OH is 1. The summed E-state index contributed by atoms with van der Waals surface area (Å²) in [7, 11) is -4.61. The topological polar surface area (TPSA) is 117 Å². The predicted octanol–water partition coefficient (Wildman–Crippen LogP) is 3.54. The minimum absolute atomic E-state index is 0.00860. The first-order valence-corrected chi connectivity index (χ1v) is 11.2. The van der Waals surface area contributed by atoms with E-state index in [1.165, 1.54) is 9.29 Å². The van der Waals surface area contributed by atoms with Crippen LogP contribution in [0.1, 0.15) is 12.5 Å². The van der Waals surface area contributed by atoms with Crippen LogP contribution in [-0.4, -0.2) is 48.5 Å². The lowest BCUT2D eigenvalue weighted by atomic mass is 10.1. The molecule has 0 saturated carbocycles. The number of aromatic nitrogens is 2. The number of fused-ring (bicyclic) bond motifs is 1. The van der Waals surface area contributed by atoms with Crippen molar-refractivity contribution in [2.24, 2.45) is 0 Å². The highest BCUT2D eigenvalue weighted by atomic mass is 32.2. The number of aliphatic hydroxyl groups is 1. The summed E-state index contributed by atoms with van der Waals surface area (Å²) in [6, 6.07) is 3.22. The Morgan fingerprint density at radius 1 is 1.29 bits per heavy atom. The van der Waals surface area contributed by atoms with Crippen LogP contribution in [0.5, 0.6) is 5.75 Å². The van der Waals surface area contributed by atoms with Gasteiger partial charge in [0.1, 0.15) is 17.0 Å². The van der Waals surface area contributed by atoms with Crippen molar-refractivity contribution in [3.8, 4) is 23.2 Å². The van der Waals surface area contributed by atoms with Gasteiger partial charge in [0.15, 0.2) is 11.6 Å². The molecular weight excluding hydrogens is 506 g/mol. The molecule has 15 heteroatoms. The van der Waals surface area contributed by atoms with Crippen LogP contribution >= 0.6 is 0 Å². The molecule has 0 saturated heterocycles. The molecule has 2 aromatic heterocycles. The maximum absolute atomic E-state index is 14.3. The van der Waals surface area contributed by atoms with Crippen LogP contribution in [-0.2, 0) is 16.6 Å². The Hall–Kier alpha value is -3.35. The van der Waals surface area contributed by atoms with Crippen molar-refractivity contribution < 1.29 is 44.6 Å². The Morgan fingerprint density at radius 3 is 2.49 bits per heavy atom. The summed E-state index contributed by atoms with van der Waals surface area (Å²) in [4.78, 5) is 3.33. The highest BCUT2D eigenvalue weighted by molar-refractivity contribution is 7.89. The third kappa shape index (κ3) is 5.34. The first-order chi connectivity index (χ1) is 16.3. The molecule has 0 spiro atoms. The fraction of sp³-hybridized carbons (Fsp3) is 0.300. The zero-order chi connectivity index (χ0) is 26.1. The number of pyridine rings is 1. The monoisotopic (exact) mass is 522 g/mol. The fourth-order valence-electron chi connectivity index (χ4n) is 3.29. The molecule has 1 unspecified atom stereocenters. The molecule has 188 valence electrons. The molecular formula is C20H16F6N4O4S. The van der Waals surface area contributed by atoms with Crippen molar-refractivity contribution in [2.75, 3.05) is 6.61 Å².